The van der Waals surface area contributed by atoms with Crippen LogP contribution in [-0.2, 0) is 10.3 Å². The van der Waals surface area contributed by atoms with Crippen LogP contribution >= 0.6 is 40.2 Å². The smallest absolute Gasteiger partial charge is 0.161 e. The highest BCUT2D eigenvalue weighted by molar-refractivity contribution is 9.10. The molecule has 0 radical (unpaired) electrons. The van der Waals surface area contributed by atoms with Crippen LogP contribution in [0.4, 0.5) is 0 Å². The van der Waals surface area contributed by atoms with Gasteiger partial charge in [0.1, 0.15) is 12.4 Å². The molecular formula is C12H18BrClO2SSi. The quantitative estimate of drug-likeness (QED) is 0.311. The Morgan fingerprint density at radius 1 is 1.33 bits per heavy atom. The Labute approximate surface area is 130 Å². The lowest BCUT2D eigenvalue weighted by Crippen LogP contribution is -2.09. The van der Waals surface area contributed by atoms with Crippen molar-refractivity contribution in [2.45, 2.75) is 18.3 Å². The molecule has 0 spiro atoms. The number of hydrogen-bond donors (Lipinski definition) is 1. The van der Waals surface area contributed by atoms with Gasteiger partial charge in [-0.2, -0.15) is 12.6 Å². The van der Waals surface area contributed by atoms with E-state index in [0.29, 0.717) is 19.1 Å². The molecule has 0 atom stereocenters. The number of hydrogen-bond acceptors (Lipinski definition) is 3. The molecule has 0 aliphatic heterocycles. The molecule has 0 aliphatic rings. The van der Waals surface area contributed by atoms with Crippen molar-refractivity contribution in [2.75, 3.05) is 19.0 Å². The van der Waals surface area contributed by atoms with E-state index in [1.807, 2.05) is 18.2 Å². The summed E-state index contributed by atoms with van der Waals surface area (Å²) in [5, 5.41) is 0. The van der Waals surface area contributed by atoms with Crippen molar-refractivity contribution in [1.82, 2.24) is 0 Å². The van der Waals surface area contributed by atoms with Crippen LogP contribution in [0.5, 0.6) is 5.75 Å². The van der Waals surface area contributed by atoms with Crippen LogP contribution in [-0.4, -0.2) is 28.7 Å². The first-order valence-corrected chi connectivity index (χ1v) is 9.47. The molecule has 0 N–H and O–H groups in total. The second-order valence-corrected chi connectivity index (χ2v) is 6.88. The van der Waals surface area contributed by atoms with Gasteiger partial charge in [-0.3, -0.25) is 0 Å². The Morgan fingerprint density at radius 3 is 2.89 bits per heavy atom. The summed E-state index contributed by atoms with van der Waals surface area (Å²) in [6, 6.07) is 7.07. The normalized spacial score (nSPS) is 11.3. The maximum atomic E-state index is 5.79. The highest BCUT2D eigenvalue weighted by atomic mass is 79.9. The number of alkyl halides is 1. The van der Waals surface area contributed by atoms with Crippen molar-refractivity contribution in [3.63, 3.8) is 0 Å². The molecule has 1 aromatic rings. The third-order valence-electron chi connectivity index (χ3n) is 2.33. The minimum absolute atomic E-state index is 0.383. The van der Waals surface area contributed by atoms with Crippen molar-refractivity contribution in [2.24, 2.45) is 0 Å². The van der Waals surface area contributed by atoms with Gasteiger partial charge < -0.3 is 9.16 Å². The fourth-order valence-corrected chi connectivity index (χ4v) is 3.52. The van der Waals surface area contributed by atoms with Gasteiger partial charge in [0.05, 0.1) is 11.1 Å². The molecule has 0 saturated heterocycles. The first kappa shape index (κ1) is 16.4. The Hall–Kier alpha value is 0.317. The van der Waals surface area contributed by atoms with Gasteiger partial charge in [-0.1, -0.05) is 6.07 Å². The summed E-state index contributed by atoms with van der Waals surface area (Å²) in [5.41, 5.74) is 1.05. The highest BCUT2D eigenvalue weighted by Crippen LogP contribution is 2.26. The van der Waals surface area contributed by atoms with E-state index < -0.39 is 0 Å². The van der Waals surface area contributed by atoms with E-state index >= 15 is 0 Å². The summed E-state index contributed by atoms with van der Waals surface area (Å²) in [6.07, 6.45) is 1.15. The summed E-state index contributed by atoms with van der Waals surface area (Å²) in [4.78, 5) is 0. The van der Waals surface area contributed by atoms with Crippen molar-refractivity contribution in [3.05, 3.63) is 28.2 Å². The van der Waals surface area contributed by atoms with Crippen molar-refractivity contribution in [3.8, 4) is 5.75 Å². The van der Waals surface area contributed by atoms with Crippen LogP contribution < -0.4 is 4.74 Å². The molecule has 1 aromatic carbocycles. The van der Waals surface area contributed by atoms with E-state index in [4.69, 9.17) is 20.8 Å². The van der Waals surface area contributed by atoms with Gasteiger partial charge in [0, 0.05) is 5.88 Å². The average Bonchev–Trinajstić information content (AvgIpc) is 2.39. The van der Waals surface area contributed by atoms with Gasteiger partial charge in [-0.15, -0.1) is 11.6 Å². The van der Waals surface area contributed by atoms with Crippen LogP contribution in [0.2, 0.25) is 6.04 Å². The number of ether oxygens (including phenoxy) is 1. The molecule has 0 saturated carbocycles. The third kappa shape index (κ3) is 6.47. The van der Waals surface area contributed by atoms with Crippen LogP contribution in [0, 0.1) is 0 Å². The van der Waals surface area contributed by atoms with Crippen LogP contribution in [0.25, 0.3) is 0 Å². The first-order chi connectivity index (χ1) is 8.77. The lowest BCUT2D eigenvalue weighted by atomic mass is 10.2. The molecule has 102 valence electrons. The fraction of sp³-hybridized carbons (Fsp3) is 0.500. The van der Waals surface area contributed by atoms with Crippen molar-refractivity contribution < 1.29 is 9.16 Å². The number of thiol groups is 1. The maximum absolute atomic E-state index is 5.79. The zero-order valence-electron chi connectivity index (χ0n) is 10.2. The van der Waals surface area contributed by atoms with Gasteiger partial charge in [-0.25, -0.2) is 0 Å². The summed E-state index contributed by atoms with van der Waals surface area (Å²) in [6.45, 7) is 1.24. The molecule has 6 heteroatoms. The molecule has 0 amide bonds. The fourth-order valence-electron chi connectivity index (χ4n) is 1.37. The zero-order valence-corrected chi connectivity index (χ0v) is 14.9. The molecule has 0 heterocycles. The standard InChI is InChI=1S/C12H18BrClO2SSi/c13-11-3-2-10(9-14)8-12(11)15-4-5-16-18-7-1-6-17/h2-3,8,17H,1,4-7,9,18H2. The summed E-state index contributed by atoms with van der Waals surface area (Å²) in [7, 11) is -0.383. The van der Waals surface area contributed by atoms with Crippen LogP contribution in [0.1, 0.15) is 12.0 Å². The molecule has 0 aliphatic carbocycles. The minimum Gasteiger partial charge on any atom is -0.490 e. The van der Waals surface area contributed by atoms with Gasteiger partial charge in [-0.05, 0) is 51.8 Å². The largest absolute Gasteiger partial charge is 0.490 e. The molecule has 18 heavy (non-hydrogen) atoms. The number of halogens is 2. The first-order valence-electron chi connectivity index (χ1n) is 5.93. The third-order valence-corrected chi connectivity index (χ3v) is 4.98. The molecule has 0 aromatic heterocycles. The second-order valence-electron chi connectivity index (χ2n) is 3.79. The lowest BCUT2D eigenvalue weighted by molar-refractivity contribution is 0.222. The SMILES string of the molecule is SCCC[SiH2]OCCOc1cc(CCl)ccc1Br. The zero-order chi connectivity index (χ0) is 13.2. The van der Waals surface area contributed by atoms with Crippen LogP contribution in [0.3, 0.4) is 0 Å². The van der Waals surface area contributed by atoms with Crippen LogP contribution in [0.15, 0.2) is 22.7 Å². The number of benzene rings is 1. The molecule has 0 bridgehead atoms. The molecule has 2 nitrogen and oxygen atoms in total. The summed E-state index contributed by atoms with van der Waals surface area (Å²) in [5.74, 6) is 2.27. The number of rotatable bonds is 9. The van der Waals surface area contributed by atoms with E-state index in [-0.39, 0.29) is 9.76 Å². The lowest BCUT2D eigenvalue weighted by Gasteiger charge is -2.10. The van der Waals surface area contributed by atoms with E-state index in [1.165, 1.54) is 6.04 Å². The van der Waals surface area contributed by atoms with E-state index in [1.54, 1.807) is 0 Å². The Bertz CT molecular complexity index is 355. The van der Waals surface area contributed by atoms with Gasteiger partial charge >= 0.3 is 0 Å². The topological polar surface area (TPSA) is 18.5 Å². The predicted molar refractivity (Wildman–Crippen MR) is 87.0 cm³/mol. The Kier molecular flexibility index (Phi) is 9.23. The van der Waals surface area contributed by atoms with E-state index in [9.17, 15) is 0 Å². The second kappa shape index (κ2) is 10.1. The Morgan fingerprint density at radius 2 is 2.17 bits per heavy atom. The summed E-state index contributed by atoms with van der Waals surface area (Å²) >= 11 is 13.4. The molecule has 0 unspecified atom stereocenters. The minimum atomic E-state index is -0.383. The average molecular weight is 370 g/mol. The molecule has 1 rings (SSSR count). The molecule has 0 fully saturated rings. The predicted octanol–water partition coefficient (Wildman–Crippen LogP) is 3.41. The van der Waals surface area contributed by atoms with Gasteiger partial charge in [0.2, 0.25) is 0 Å². The molecular weight excluding hydrogens is 352 g/mol. The van der Waals surface area contributed by atoms with Crippen molar-refractivity contribution >= 4 is 49.9 Å². The van der Waals surface area contributed by atoms with E-state index in [2.05, 4.69) is 28.6 Å². The Balaban J connectivity index is 2.22. The summed E-state index contributed by atoms with van der Waals surface area (Å²) < 4.78 is 12.2. The van der Waals surface area contributed by atoms with Gasteiger partial charge in [0.25, 0.3) is 0 Å². The maximum Gasteiger partial charge on any atom is 0.161 e. The van der Waals surface area contributed by atoms with E-state index in [0.717, 1.165) is 28.0 Å². The monoisotopic (exact) mass is 368 g/mol. The highest BCUT2D eigenvalue weighted by Gasteiger charge is 2.02. The van der Waals surface area contributed by atoms with Crippen molar-refractivity contribution in [1.29, 1.82) is 0 Å². The van der Waals surface area contributed by atoms with Gasteiger partial charge in [0.15, 0.2) is 9.76 Å².